The monoisotopic (exact) mass is 697 g/mol. The predicted molar refractivity (Wildman–Crippen MR) is 166 cm³/mol. The maximum Gasteiger partial charge on any atom is 0.317 e. The van der Waals surface area contributed by atoms with Crippen molar-refractivity contribution in [3.63, 3.8) is 0 Å². The molecule has 266 valence electrons. The fraction of sp³-hybridized carbons (Fsp3) is 0.412. The van der Waals surface area contributed by atoms with Crippen molar-refractivity contribution < 1.29 is 72.9 Å². The fourth-order valence-corrected chi connectivity index (χ4v) is 6.34. The Morgan fingerprint density at radius 2 is 1.76 bits per heavy atom. The lowest BCUT2D eigenvalue weighted by atomic mass is 9.88. The van der Waals surface area contributed by atoms with Crippen LogP contribution in [0.25, 0.3) is 0 Å². The Bertz CT molecular complexity index is 1750. The molecular formula is C34H35NO15. The summed E-state index contributed by atoms with van der Waals surface area (Å²) in [4.78, 5) is 34.3. The average Bonchev–Trinajstić information content (AvgIpc) is 3.70. The first-order valence-electron chi connectivity index (χ1n) is 15.9. The molecule has 0 aliphatic carbocycles. The number of ether oxygens (including phenoxy) is 7. The fourth-order valence-electron chi connectivity index (χ4n) is 6.34. The summed E-state index contributed by atoms with van der Waals surface area (Å²) in [6, 6.07) is 13.9. The van der Waals surface area contributed by atoms with E-state index < -0.39 is 61.8 Å². The molecule has 16 nitrogen and oxygen atoms in total. The molecule has 6 N–H and O–H groups in total. The summed E-state index contributed by atoms with van der Waals surface area (Å²) < 4.78 is 40.1. The van der Waals surface area contributed by atoms with E-state index in [9.17, 15) is 24.9 Å². The Morgan fingerprint density at radius 1 is 0.940 bits per heavy atom. The number of hydrogen-bond donors (Lipinski definition) is 5. The number of fused-ring (bicyclic) bond motifs is 6. The molecule has 0 unspecified atom stereocenters. The van der Waals surface area contributed by atoms with Gasteiger partial charge in [0.05, 0.1) is 19.1 Å². The Morgan fingerprint density at radius 3 is 2.54 bits per heavy atom. The molecule has 3 aromatic carbocycles. The molecular weight excluding hydrogens is 662 g/mol. The maximum atomic E-state index is 11.8. The molecule has 4 heterocycles. The highest BCUT2D eigenvalue weighted by molar-refractivity contribution is 5.90. The van der Waals surface area contributed by atoms with Crippen molar-refractivity contribution in [2.24, 2.45) is 5.73 Å². The molecule has 7 rings (SSSR count). The lowest BCUT2D eigenvalue weighted by Gasteiger charge is -2.41. The quantitative estimate of drug-likeness (QED) is 0.0781. The minimum Gasteiger partial charge on any atom is -0.508 e. The zero-order chi connectivity index (χ0) is 34.9. The summed E-state index contributed by atoms with van der Waals surface area (Å²) >= 11 is 0. The van der Waals surface area contributed by atoms with E-state index in [1.165, 1.54) is 0 Å². The Kier molecular flexibility index (Phi) is 9.54. The number of aliphatic hydroxyl groups is 2. The van der Waals surface area contributed by atoms with E-state index in [-0.39, 0.29) is 43.8 Å². The molecule has 1 saturated heterocycles. The number of aliphatic carboxylic acids is 1. The molecule has 16 heteroatoms. The highest BCUT2D eigenvalue weighted by Crippen LogP contribution is 2.55. The smallest absolute Gasteiger partial charge is 0.317 e. The largest absolute Gasteiger partial charge is 0.508 e. The number of aromatic hydroxyl groups is 1. The van der Waals surface area contributed by atoms with Crippen LogP contribution in [0.15, 0.2) is 48.5 Å². The van der Waals surface area contributed by atoms with Crippen molar-refractivity contribution in [1.29, 1.82) is 0 Å². The predicted octanol–water partition coefficient (Wildman–Crippen LogP) is 1.44. The third-order valence-electron chi connectivity index (χ3n) is 8.74. The second-order valence-electron chi connectivity index (χ2n) is 12.1. The molecule has 50 heavy (non-hydrogen) atoms. The van der Waals surface area contributed by atoms with Gasteiger partial charge < -0.3 is 64.2 Å². The number of carboxylic acids is 1. The molecule has 0 saturated carbocycles. The summed E-state index contributed by atoms with van der Waals surface area (Å²) in [7, 11) is 0. The molecule has 0 aromatic heterocycles. The van der Waals surface area contributed by atoms with E-state index in [1.807, 2.05) is 12.1 Å². The molecule has 0 radical (unpaired) electrons. The number of phenolic OH excluding ortho intramolecular Hbond substituents is 1. The number of aliphatic hydroxyl groups excluding tert-OH is 2. The van der Waals surface area contributed by atoms with Crippen molar-refractivity contribution in [2.75, 3.05) is 33.2 Å². The zero-order valence-corrected chi connectivity index (χ0v) is 26.5. The topological polar surface area (TPSA) is 224 Å². The van der Waals surface area contributed by atoms with Crippen molar-refractivity contribution in [1.82, 2.24) is 0 Å². The van der Waals surface area contributed by atoms with Crippen LogP contribution in [0.1, 0.15) is 40.7 Å². The summed E-state index contributed by atoms with van der Waals surface area (Å²) in [6.45, 7) is -0.0483. The van der Waals surface area contributed by atoms with Crippen LogP contribution in [0.2, 0.25) is 0 Å². The van der Waals surface area contributed by atoms with Gasteiger partial charge in [0.1, 0.15) is 54.7 Å². The SMILES string of the molecule is NCCO[C@@H]1O[C@H](COC(=O)CC(=O)O)[C@@H](O)[C@H](O)[C@@H]1OOc1cc2c(cc1Cc1cccc(O)c1)OC[C@@H]1c3cc4c(cc3O[C@@H]21)OCO4. The van der Waals surface area contributed by atoms with Gasteiger partial charge in [-0.2, -0.15) is 4.89 Å². The highest BCUT2D eigenvalue weighted by Gasteiger charge is 2.48. The number of nitrogens with two attached hydrogens (primary N) is 1. The second-order valence-corrected chi connectivity index (χ2v) is 12.1. The number of carbonyl (C=O) groups is 2. The summed E-state index contributed by atoms with van der Waals surface area (Å²) in [6.07, 6.45) is -8.45. The molecule has 1 fully saturated rings. The first kappa shape index (κ1) is 33.6. The Labute approximate surface area is 284 Å². The lowest BCUT2D eigenvalue weighted by molar-refractivity contribution is -0.372. The van der Waals surface area contributed by atoms with Crippen LogP contribution in [0, 0.1) is 0 Å². The third-order valence-corrected chi connectivity index (χ3v) is 8.74. The number of phenols is 1. The number of esters is 1. The number of benzene rings is 3. The van der Waals surface area contributed by atoms with E-state index in [1.54, 1.807) is 36.4 Å². The van der Waals surface area contributed by atoms with Gasteiger partial charge in [-0.05, 0) is 35.9 Å². The van der Waals surface area contributed by atoms with Gasteiger partial charge in [0.25, 0.3) is 0 Å². The van der Waals surface area contributed by atoms with Crippen LogP contribution < -0.4 is 29.6 Å². The summed E-state index contributed by atoms with van der Waals surface area (Å²) in [5.74, 6) is 0.0948. The molecule has 0 spiro atoms. The van der Waals surface area contributed by atoms with Gasteiger partial charge in [0.2, 0.25) is 6.79 Å². The minimum absolute atomic E-state index is 0.0295. The van der Waals surface area contributed by atoms with Gasteiger partial charge in [-0.15, -0.1) is 0 Å². The third kappa shape index (κ3) is 6.81. The van der Waals surface area contributed by atoms with Crippen molar-refractivity contribution in [3.8, 4) is 34.5 Å². The van der Waals surface area contributed by atoms with Crippen LogP contribution in [0.3, 0.4) is 0 Å². The summed E-state index contributed by atoms with van der Waals surface area (Å²) in [5, 5.41) is 40.9. The number of hydrogen-bond acceptors (Lipinski definition) is 15. The van der Waals surface area contributed by atoms with Gasteiger partial charge in [0.15, 0.2) is 29.6 Å². The Hall–Kier alpha value is -4.84. The van der Waals surface area contributed by atoms with E-state index in [4.69, 9.17) is 53.8 Å². The minimum atomic E-state index is -1.67. The zero-order valence-electron chi connectivity index (χ0n) is 26.5. The van der Waals surface area contributed by atoms with Gasteiger partial charge in [-0.1, -0.05) is 12.1 Å². The molecule has 0 bridgehead atoms. The van der Waals surface area contributed by atoms with E-state index in [0.29, 0.717) is 40.7 Å². The van der Waals surface area contributed by atoms with E-state index in [0.717, 1.165) is 11.1 Å². The average molecular weight is 698 g/mol. The molecule has 0 amide bonds. The highest BCUT2D eigenvalue weighted by atomic mass is 17.2. The van der Waals surface area contributed by atoms with Crippen molar-refractivity contribution in [2.45, 2.75) is 55.6 Å². The van der Waals surface area contributed by atoms with Gasteiger partial charge >= 0.3 is 11.9 Å². The summed E-state index contributed by atoms with van der Waals surface area (Å²) in [5.41, 5.74) is 8.55. The molecule has 3 aromatic rings. The van der Waals surface area contributed by atoms with Crippen molar-refractivity contribution in [3.05, 3.63) is 70.8 Å². The van der Waals surface area contributed by atoms with Gasteiger partial charge in [0, 0.05) is 35.7 Å². The van der Waals surface area contributed by atoms with E-state index in [2.05, 4.69) is 0 Å². The van der Waals surface area contributed by atoms with Crippen LogP contribution >= 0.6 is 0 Å². The number of carbonyl (C=O) groups excluding carboxylic acids is 1. The van der Waals surface area contributed by atoms with Crippen LogP contribution in [-0.2, 0) is 35.1 Å². The van der Waals surface area contributed by atoms with Crippen LogP contribution in [-0.4, -0.2) is 96.2 Å². The molecule has 7 atom stereocenters. The standard InChI is InChI=1S/C34H35NO15/c35-4-5-42-34-33(31(41)30(40)27(48-34)14-44-29(39)12-28(37)38)50-49-22-10-20-23(8-17(22)6-16-2-1-3-18(36)7-16)43-13-21-19-9-25-26(46-15-45-25)11-24(19)47-32(20)21/h1-3,7-11,21,27,30-34,36,40-41H,4-6,12-15,35H2,(H,37,38)/t21-,27-,30-,31+,32+,33+,34-/m1/s1. The van der Waals surface area contributed by atoms with Crippen molar-refractivity contribution >= 4 is 11.9 Å². The lowest BCUT2D eigenvalue weighted by Crippen LogP contribution is -2.60. The number of carboxylic acid groups (broad SMARTS) is 1. The van der Waals surface area contributed by atoms with Crippen LogP contribution in [0.5, 0.6) is 34.5 Å². The first-order valence-corrected chi connectivity index (χ1v) is 15.9. The molecule has 4 aliphatic rings. The molecule has 4 aliphatic heterocycles. The maximum absolute atomic E-state index is 11.8. The normalized spacial score (nSPS) is 25.8. The Balaban J connectivity index is 1.15. The first-order chi connectivity index (χ1) is 24.2. The second kappa shape index (κ2) is 14.2. The van der Waals surface area contributed by atoms with E-state index >= 15 is 0 Å². The van der Waals surface area contributed by atoms with Gasteiger partial charge in [-0.3, -0.25) is 9.59 Å². The van der Waals surface area contributed by atoms with Gasteiger partial charge in [-0.25, -0.2) is 0 Å². The van der Waals surface area contributed by atoms with Crippen LogP contribution in [0.4, 0.5) is 0 Å². The number of rotatable bonds is 12.